The van der Waals surface area contributed by atoms with Crippen molar-refractivity contribution in [2.45, 2.75) is 180 Å². The van der Waals surface area contributed by atoms with Gasteiger partial charge in [-0.3, -0.25) is 33.7 Å². The molecular weight excluding hydrogens is 1150 g/mol. The van der Waals surface area contributed by atoms with Crippen LogP contribution in [-0.2, 0) is 59.1 Å². The first kappa shape index (κ1) is 70.2. The van der Waals surface area contributed by atoms with Gasteiger partial charge in [0.2, 0.25) is 17.7 Å². The minimum atomic E-state index is -4.47. The Hall–Kier alpha value is -7.87. The maximum atomic E-state index is 14.8. The summed E-state index contributed by atoms with van der Waals surface area (Å²) in [4.78, 5) is 113. The van der Waals surface area contributed by atoms with Gasteiger partial charge < -0.3 is 36.1 Å². The summed E-state index contributed by atoms with van der Waals surface area (Å²) in [6, 6.07) is 26.4. The number of benzene rings is 4. The Labute approximate surface area is 526 Å². The Bertz CT molecular complexity index is 3330. The second kappa shape index (κ2) is 28.7. The lowest BCUT2D eigenvalue weighted by molar-refractivity contribution is -0.148. The Morgan fingerprint density at radius 2 is 1.29 bits per heavy atom. The Balaban J connectivity index is 1.12. The van der Waals surface area contributed by atoms with Crippen LogP contribution in [0.25, 0.3) is 11.1 Å². The SMILES string of the molecule is C/C(=C\[C@H](C(C)C)N(C)C(=O)[C@@H](NC(=O)[C@@H](N(C)C(=O)OC(C)(C)C)C(C)(C)c1ccccc1)C(C)(C)C)C(=O)NS(=O)(=O)c1ccc(C2(CC(=O)[C@H](CCCNC(N)=O)NC(=O)[C@@H](CC(=O)OCC3c4ccccc4-c4ccccc43)C(C)C)CC2)cc1. The van der Waals surface area contributed by atoms with E-state index < -0.39 is 104 Å². The van der Waals surface area contributed by atoms with Gasteiger partial charge in [-0.15, -0.1) is 0 Å². The number of hydrogen-bond acceptors (Lipinski definition) is 12. The molecule has 6 N–H and O–H groups in total. The molecule has 89 heavy (non-hydrogen) atoms. The number of hydrogen-bond donors (Lipinski definition) is 5. The highest BCUT2D eigenvalue weighted by Crippen LogP contribution is 2.52. The summed E-state index contributed by atoms with van der Waals surface area (Å²) in [5, 5.41) is 8.44. The Morgan fingerprint density at radius 1 is 0.730 bits per heavy atom. The van der Waals surface area contributed by atoms with Crippen LogP contribution >= 0.6 is 0 Å². The molecule has 4 aromatic rings. The Morgan fingerprint density at radius 3 is 1.81 bits per heavy atom. The third-order valence-corrected chi connectivity index (χ3v) is 18.5. The number of nitrogens with one attached hydrogen (secondary N) is 4. The number of urea groups is 1. The highest BCUT2D eigenvalue weighted by Gasteiger charge is 2.48. The second-order valence-corrected chi connectivity index (χ2v) is 28.9. The predicted octanol–water partition coefficient (Wildman–Crippen LogP) is 9.61. The fourth-order valence-corrected chi connectivity index (χ4v) is 12.8. The van der Waals surface area contributed by atoms with E-state index in [9.17, 15) is 46.8 Å². The quantitative estimate of drug-likeness (QED) is 0.0212. The van der Waals surface area contributed by atoms with Crippen LogP contribution in [0.5, 0.6) is 0 Å². The first-order valence-corrected chi connectivity index (χ1v) is 32.1. The van der Waals surface area contributed by atoms with Crippen LogP contribution in [0.3, 0.4) is 0 Å². The van der Waals surface area contributed by atoms with Gasteiger partial charge >= 0.3 is 18.1 Å². The number of ether oxygens (including phenoxy) is 2. The molecule has 0 spiro atoms. The van der Waals surface area contributed by atoms with Crippen LogP contribution in [0.2, 0.25) is 0 Å². The summed E-state index contributed by atoms with van der Waals surface area (Å²) in [6.07, 6.45) is 2.23. The molecule has 0 aliphatic heterocycles. The molecule has 0 unspecified atom stereocenters. The molecule has 482 valence electrons. The maximum Gasteiger partial charge on any atom is 0.410 e. The zero-order valence-corrected chi connectivity index (χ0v) is 55.3. The van der Waals surface area contributed by atoms with Gasteiger partial charge in [0.15, 0.2) is 5.78 Å². The summed E-state index contributed by atoms with van der Waals surface area (Å²) in [7, 11) is -1.42. The molecule has 1 saturated carbocycles. The summed E-state index contributed by atoms with van der Waals surface area (Å²) in [5.74, 6) is -4.94. The smallest absolute Gasteiger partial charge is 0.410 e. The van der Waals surface area contributed by atoms with Gasteiger partial charge in [-0.2, -0.15) is 0 Å². The van der Waals surface area contributed by atoms with Crippen LogP contribution in [0.15, 0.2) is 120 Å². The highest BCUT2D eigenvalue weighted by molar-refractivity contribution is 7.90. The van der Waals surface area contributed by atoms with Crippen molar-refractivity contribution in [1.29, 1.82) is 0 Å². The number of carbonyl (C=O) groups is 8. The average Bonchev–Trinajstić information content (AvgIpc) is 2.19. The number of ketones is 1. The molecule has 6 rings (SSSR count). The number of carbonyl (C=O) groups excluding carboxylic acids is 8. The second-order valence-electron chi connectivity index (χ2n) is 27.3. The fourth-order valence-electron chi connectivity index (χ4n) is 11.8. The van der Waals surface area contributed by atoms with Crippen LogP contribution in [-0.4, -0.2) is 123 Å². The molecule has 20 heteroatoms. The number of esters is 1. The largest absolute Gasteiger partial charge is 0.465 e. The first-order chi connectivity index (χ1) is 41.5. The zero-order valence-electron chi connectivity index (χ0n) is 54.4. The minimum Gasteiger partial charge on any atom is -0.465 e. The Kier molecular flexibility index (Phi) is 22.7. The van der Waals surface area contributed by atoms with Crippen molar-refractivity contribution in [3.8, 4) is 11.1 Å². The van der Waals surface area contributed by atoms with Crippen molar-refractivity contribution in [1.82, 2.24) is 30.5 Å². The molecule has 0 radical (unpaired) electrons. The number of fused-ring (bicyclic) bond motifs is 3. The van der Waals surface area contributed by atoms with E-state index in [0.717, 1.165) is 27.8 Å². The summed E-state index contributed by atoms with van der Waals surface area (Å²) in [6.45, 7) is 23.3. The first-order valence-electron chi connectivity index (χ1n) is 30.6. The zero-order chi connectivity index (χ0) is 66.1. The van der Waals surface area contributed by atoms with Gasteiger partial charge in [-0.05, 0) is 116 Å². The molecule has 2 aliphatic carbocycles. The molecule has 0 aromatic heterocycles. The number of nitrogens with two attached hydrogens (primary N) is 1. The van der Waals surface area contributed by atoms with Crippen molar-refractivity contribution in [3.05, 3.63) is 137 Å². The van der Waals surface area contributed by atoms with Gasteiger partial charge in [0, 0.05) is 49.4 Å². The molecule has 0 bridgehead atoms. The standard InChI is InChI=1S/C69H93N7O12S/c1-42(2)52(39-57(78)87-41-53-50-28-21-19-26-48(50)49-27-20-22-29-51(49)53)61(80)72-54(30-23-37-71-64(70)83)56(77)40-69(35-36-69)46-31-33-47(34-32-46)89(85,86)74-60(79)44(5)38-55(43(3)4)75(14)63(82)58(66(6,7)8)73-62(81)59(76(15)65(84)88-67(9,10)11)68(12,13)45-24-17-16-18-25-45/h16-22,24-29,31-34,38,42-43,52-55,58-59H,23,30,35-37,39-41H2,1-15H3,(H,72,80)(H,73,81)(H,74,79)(H3,70,71,83)/b44-38+/t52-,54-,55+,58+,59+/m0/s1. The molecule has 5 atom stereocenters. The number of sulfonamides is 1. The lowest BCUT2D eigenvalue weighted by Gasteiger charge is -2.42. The monoisotopic (exact) mass is 1240 g/mol. The topological polar surface area (TPSA) is 270 Å². The number of rotatable bonds is 27. The predicted molar refractivity (Wildman–Crippen MR) is 342 cm³/mol. The molecule has 4 aromatic carbocycles. The van der Waals surface area contributed by atoms with Crippen LogP contribution in [0, 0.1) is 23.2 Å². The third kappa shape index (κ3) is 17.7. The summed E-state index contributed by atoms with van der Waals surface area (Å²) >= 11 is 0. The van der Waals surface area contributed by atoms with Gasteiger partial charge in [0.25, 0.3) is 15.9 Å². The van der Waals surface area contributed by atoms with Crippen LogP contribution in [0.1, 0.15) is 157 Å². The van der Waals surface area contributed by atoms with E-state index in [1.54, 1.807) is 60.7 Å². The van der Waals surface area contributed by atoms with Crippen molar-refractivity contribution >= 4 is 57.5 Å². The van der Waals surface area contributed by atoms with E-state index >= 15 is 0 Å². The molecule has 19 nitrogen and oxygen atoms in total. The fraction of sp³-hybridized carbons (Fsp3) is 0.507. The van der Waals surface area contributed by atoms with E-state index in [2.05, 4.69) is 20.7 Å². The highest BCUT2D eigenvalue weighted by atomic mass is 32.2. The van der Waals surface area contributed by atoms with E-state index in [1.165, 1.54) is 42.0 Å². The van der Waals surface area contributed by atoms with Gasteiger partial charge in [0.05, 0.1) is 29.3 Å². The van der Waals surface area contributed by atoms with Crippen LogP contribution < -0.4 is 26.4 Å². The van der Waals surface area contributed by atoms with Gasteiger partial charge in [0.1, 0.15) is 24.3 Å². The lowest BCUT2D eigenvalue weighted by Crippen LogP contribution is -2.63. The van der Waals surface area contributed by atoms with Crippen molar-refractivity contribution in [2.75, 3.05) is 27.2 Å². The lowest BCUT2D eigenvalue weighted by atomic mass is 9.76. The molecular formula is C69H93N7O12S. The normalized spacial score (nSPS) is 15.7. The third-order valence-electron chi connectivity index (χ3n) is 17.1. The number of likely N-dealkylation sites (N-methyl/N-ethyl adjacent to an activating group) is 2. The summed E-state index contributed by atoms with van der Waals surface area (Å²) in [5.41, 5.74) is 7.67. The maximum absolute atomic E-state index is 14.8. The van der Waals surface area contributed by atoms with Crippen molar-refractivity contribution < 1.29 is 56.2 Å². The van der Waals surface area contributed by atoms with E-state index in [0.29, 0.717) is 24.8 Å². The molecule has 2 aliphatic rings. The number of primary amides is 1. The average molecular weight is 1240 g/mol. The molecule has 7 amide bonds. The number of Topliss-reactive ketones (excluding diaryl/α,β-unsaturated/α-hetero) is 1. The van der Waals surface area contributed by atoms with E-state index in [-0.39, 0.29) is 66.4 Å². The molecule has 1 fully saturated rings. The van der Waals surface area contributed by atoms with E-state index in [4.69, 9.17) is 15.2 Å². The number of nitrogens with zero attached hydrogens (tertiary/aromatic N) is 2. The van der Waals surface area contributed by atoms with Crippen molar-refractivity contribution in [2.24, 2.45) is 28.9 Å². The minimum absolute atomic E-state index is 0.00196. The molecule has 0 saturated heterocycles. The number of amides is 7. The summed E-state index contributed by atoms with van der Waals surface area (Å²) < 4.78 is 41.5. The molecule has 0 heterocycles. The van der Waals surface area contributed by atoms with Crippen molar-refractivity contribution in [3.63, 3.8) is 0 Å². The van der Waals surface area contributed by atoms with Crippen LogP contribution in [0.4, 0.5) is 9.59 Å². The van der Waals surface area contributed by atoms with Gasteiger partial charge in [-0.25, -0.2) is 22.7 Å². The van der Waals surface area contributed by atoms with E-state index in [1.807, 2.05) is 120 Å². The van der Waals surface area contributed by atoms with Gasteiger partial charge in [-0.1, -0.05) is 159 Å².